The third-order valence-corrected chi connectivity index (χ3v) is 7.99. The molecule has 11 atom stereocenters. The number of ether oxygens (including phenoxy) is 9. The monoisotopic (exact) mass is 718 g/mol. The number of unbranched alkanes of at least 4 members (excludes halogenated alkanes) is 1. The summed E-state index contributed by atoms with van der Waals surface area (Å²) >= 11 is 0. The first-order chi connectivity index (χ1) is 23.6. The molecule has 0 aromatic heterocycles. The molecule has 3 aliphatic heterocycles. The Morgan fingerprint density at radius 2 is 1.78 bits per heavy atom. The van der Waals surface area contributed by atoms with E-state index in [1.807, 2.05) is 6.92 Å². The van der Waals surface area contributed by atoms with E-state index in [1.54, 1.807) is 0 Å². The number of azide groups is 1. The van der Waals surface area contributed by atoms with Gasteiger partial charge in [0, 0.05) is 39.2 Å². The lowest BCUT2D eigenvalue weighted by Crippen LogP contribution is -2.67. The van der Waals surface area contributed by atoms with Gasteiger partial charge in [-0.25, -0.2) is 14.5 Å². The molecular weight excluding hydrogens is 676 g/mol. The number of aliphatic hydroxyl groups excluding tert-OH is 2. The molecule has 0 bridgehead atoms. The smallest absolute Gasteiger partial charge is 0.417 e. The van der Waals surface area contributed by atoms with Crippen LogP contribution in [0.2, 0.25) is 0 Å². The molecule has 0 radical (unpaired) electrons. The molecule has 0 aromatic rings. The first kappa shape index (κ1) is 40.3. The van der Waals surface area contributed by atoms with E-state index < -0.39 is 122 Å². The number of esters is 4. The molecule has 0 aromatic carbocycles. The van der Waals surface area contributed by atoms with E-state index in [1.165, 1.54) is 0 Å². The number of hydrogen-bond donors (Lipinski definition) is 2. The van der Waals surface area contributed by atoms with Gasteiger partial charge in [-0.05, 0) is 12.0 Å². The number of amides is 2. The van der Waals surface area contributed by atoms with Crippen LogP contribution in [0.4, 0.5) is 4.79 Å². The number of nitrogens with zero attached hydrogens (tertiary/aromatic N) is 4. The van der Waals surface area contributed by atoms with Gasteiger partial charge in [-0.1, -0.05) is 18.5 Å². The van der Waals surface area contributed by atoms with Crippen molar-refractivity contribution in [3.8, 4) is 0 Å². The van der Waals surface area contributed by atoms with Crippen molar-refractivity contribution in [1.82, 2.24) is 4.90 Å². The number of imide groups is 1. The van der Waals surface area contributed by atoms with Gasteiger partial charge in [0.25, 0.3) is 5.79 Å². The maximum Gasteiger partial charge on any atom is 0.417 e. The molecule has 3 heterocycles. The summed E-state index contributed by atoms with van der Waals surface area (Å²) < 4.78 is 50.0. The number of carbonyl (C=O) groups excluding carboxylic acids is 6. The topological polar surface area (TPSA) is 278 Å². The van der Waals surface area contributed by atoms with Crippen molar-refractivity contribution in [2.24, 2.45) is 5.11 Å². The average molecular weight is 719 g/mol. The Balaban J connectivity index is 2.11. The van der Waals surface area contributed by atoms with E-state index in [9.17, 15) is 39.0 Å². The maximum atomic E-state index is 13.6. The molecule has 3 rings (SSSR count). The summed E-state index contributed by atoms with van der Waals surface area (Å²) in [4.78, 5) is 78.9. The number of hydrogen-bond acceptors (Lipinski definition) is 18. The molecule has 50 heavy (non-hydrogen) atoms. The van der Waals surface area contributed by atoms with Gasteiger partial charge >= 0.3 is 30.0 Å². The van der Waals surface area contributed by atoms with Gasteiger partial charge in [-0.15, -0.1) is 0 Å². The lowest BCUT2D eigenvalue weighted by atomic mass is 9.88. The van der Waals surface area contributed by atoms with Gasteiger partial charge in [0.1, 0.15) is 43.1 Å². The third kappa shape index (κ3) is 9.36. The minimum absolute atomic E-state index is 0.114. The highest BCUT2D eigenvalue weighted by atomic mass is 16.8. The van der Waals surface area contributed by atoms with Crippen LogP contribution in [0.15, 0.2) is 5.11 Å². The number of fused-ring (bicyclic) bond motifs is 1. The molecule has 21 nitrogen and oxygen atoms in total. The zero-order valence-electron chi connectivity index (χ0n) is 28.3. The van der Waals surface area contributed by atoms with Crippen LogP contribution < -0.4 is 0 Å². The maximum absolute atomic E-state index is 13.6. The Morgan fingerprint density at radius 1 is 1.10 bits per heavy atom. The Hall–Kier alpha value is -4.11. The van der Waals surface area contributed by atoms with Crippen molar-refractivity contribution in [2.45, 2.75) is 121 Å². The van der Waals surface area contributed by atoms with Crippen LogP contribution in [0.5, 0.6) is 0 Å². The minimum Gasteiger partial charge on any atom is -0.465 e. The Morgan fingerprint density at radius 3 is 2.34 bits per heavy atom. The van der Waals surface area contributed by atoms with Crippen LogP contribution in [0.3, 0.4) is 0 Å². The van der Waals surface area contributed by atoms with Crippen molar-refractivity contribution in [3.63, 3.8) is 0 Å². The van der Waals surface area contributed by atoms with Crippen molar-refractivity contribution in [2.75, 3.05) is 26.9 Å². The molecule has 3 fully saturated rings. The summed E-state index contributed by atoms with van der Waals surface area (Å²) in [6.07, 6.45) is -13.1. The van der Waals surface area contributed by atoms with Gasteiger partial charge in [0.05, 0.1) is 26.2 Å². The largest absolute Gasteiger partial charge is 0.465 e. The molecule has 0 spiro atoms. The summed E-state index contributed by atoms with van der Waals surface area (Å²) in [6, 6.07) is -2.89. The normalized spacial score (nSPS) is 31.6. The summed E-state index contributed by atoms with van der Waals surface area (Å²) in [7, 11) is 0.984. The molecule has 2 amide bonds. The van der Waals surface area contributed by atoms with Crippen molar-refractivity contribution in [3.05, 3.63) is 10.4 Å². The number of rotatable bonds is 15. The predicted molar refractivity (Wildman–Crippen MR) is 159 cm³/mol. The van der Waals surface area contributed by atoms with E-state index in [4.69, 9.17) is 48.2 Å². The van der Waals surface area contributed by atoms with Crippen LogP contribution in [0, 0.1) is 0 Å². The fraction of sp³-hybridized carbons (Fsp3) is 0.793. The molecule has 280 valence electrons. The first-order valence-corrected chi connectivity index (χ1v) is 15.7. The van der Waals surface area contributed by atoms with E-state index >= 15 is 0 Å². The molecule has 2 N–H and O–H groups in total. The van der Waals surface area contributed by atoms with Crippen molar-refractivity contribution in [1.29, 1.82) is 0 Å². The molecule has 3 aliphatic rings. The second kappa shape index (κ2) is 17.7. The van der Waals surface area contributed by atoms with Gasteiger partial charge in [-0.3, -0.25) is 19.2 Å². The second-order valence-corrected chi connectivity index (χ2v) is 11.6. The average Bonchev–Trinajstić information content (AvgIpc) is 3.38. The van der Waals surface area contributed by atoms with Crippen LogP contribution in [-0.4, -0.2) is 145 Å². The highest BCUT2D eigenvalue weighted by molar-refractivity contribution is 5.93. The van der Waals surface area contributed by atoms with Crippen LogP contribution in [0.25, 0.3) is 10.4 Å². The van der Waals surface area contributed by atoms with Gasteiger partial charge in [0.15, 0.2) is 18.5 Å². The Bertz CT molecular complexity index is 1330. The molecule has 0 aliphatic carbocycles. The highest BCUT2D eigenvalue weighted by Crippen LogP contribution is 2.42. The number of carbonyl (C=O) groups is 6. The molecule has 0 saturated carbocycles. The zero-order chi connectivity index (χ0) is 37.3. The quantitative estimate of drug-likeness (QED) is 0.0552. The first-order valence-electron chi connectivity index (χ1n) is 15.7. The summed E-state index contributed by atoms with van der Waals surface area (Å²) in [6.45, 7) is 4.73. The van der Waals surface area contributed by atoms with Gasteiger partial charge in [0.2, 0.25) is 5.91 Å². The molecular formula is C29H42N4O17. The van der Waals surface area contributed by atoms with Crippen LogP contribution in [-0.2, 0) is 66.6 Å². The summed E-state index contributed by atoms with van der Waals surface area (Å²) in [5.41, 5.74) is 8.94. The zero-order valence-corrected chi connectivity index (χ0v) is 28.3. The fourth-order valence-corrected chi connectivity index (χ4v) is 5.89. The summed E-state index contributed by atoms with van der Waals surface area (Å²) in [5.74, 6) is -7.28. The second-order valence-electron chi connectivity index (χ2n) is 11.6. The minimum atomic E-state index is -2.55. The molecule has 3 unspecified atom stereocenters. The third-order valence-electron chi connectivity index (χ3n) is 7.99. The summed E-state index contributed by atoms with van der Waals surface area (Å²) in [5, 5.41) is 24.9. The van der Waals surface area contributed by atoms with Crippen molar-refractivity contribution < 1.29 is 81.6 Å². The van der Waals surface area contributed by atoms with Gasteiger partial charge < -0.3 is 52.8 Å². The highest BCUT2D eigenvalue weighted by Gasteiger charge is 2.64. The predicted octanol–water partition coefficient (Wildman–Crippen LogP) is -0.234. The number of methoxy groups -OCH3 is 1. The van der Waals surface area contributed by atoms with Gasteiger partial charge in [-0.2, -0.15) is 0 Å². The van der Waals surface area contributed by atoms with Crippen LogP contribution >= 0.6 is 0 Å². The van der Waals surface area contributed by atoms with Crippen LogP contribution in [0.1, 0.15) is 53.9 Å². The SMILES string of the molecule is CCCCO[C@H]1C(CO[C@]2(C(=O)OC)C[C@H]3OC(=O)N(C(C)=O)[C@H]3C([C@H](OC(C)=O)[C@@H](COC(C)=O)OC(C)=O)O2)O[C@H](O)[C@@H](N=[N+]=[N-])C1O. The lowest BCUT2D eigenvalue weighted by Gasteiger charge is -2.47. The van der Waals surface area contributed by atoms with E-state index in [0.717, 1.165) is 34.8 Å². The van der Waals surface area contributed by atoms with E-state index in [0.29, 0.717) is 17.7 Å². The lowest BCUT2D eigenvalue weighted by molar-refractivity contribution is -0.329. The Labute approximate surface area is 285 Å². The Kier molecular flexibility index (Phi) is 14.3. The fourth-order valence-electron chi connectivity index (χ4n) is 5.89. The van der Waals surface area contributed by atoms with Crippen molar-refractivity contribution >= 4 is 35.9 Å². The van der Waals surface area contributed by atoms with E-state index in [-0.39, 0.29) is 6.61 Å². The standard InChI is InChI=1S/C29H42N4O17/c1-7-8-9-43-23-19(48-26(39)20(22(23)38)31-32-30)12-45-29(27(40)42-6)10-17-21(33(13(2)34)28(41)49-17)25(50-29)24(47-16(5)37)18(46-15(4)36)11-44-14(3)35/h17-26,38-39H,7-12H2,1-6H3/t17-,18-,19?,20+,21-,22?,23+,24-,25?,26+,29-/m1/s1. The van der Waals surface area contributed by atoms with E-state index in [2.05, 4.69) is 10.0 Å². The molecule has 21 heteroatoms. The molecule has 3 saturated heterocycles. The number of aliphatic hydroxyl groups is 2.